The van der Waals surface area contributed by atoms with E-state index in [4.69, 9.17) is 9.47 Å². The van der Waals surface area contributed by atoms with Crippen LogP contribution in [0.4, 0.5) is 10.5 Å². The van der Waals surface area contributed by atoms with E-state index in [0.29, 0.717) is 30.4 Å². The number of anilines is 1. The Balaban J connectivity index is 1.43. The third-order valence-electron chi connectivity index (χ3n) is 4.86. The predicted octanol–water partition coefficient (Wildman–Crippen LogP) is 0.337. The maximum atomic E-state index is 12.7. The molecule has 0 unspecified atom stereocenters. The molecule has 4 rings (SSSR count). The lowest BCUT2D eigenvalue weighted by Gasteiger charge is -2.15. The second-order valence-electron chi connectivity index (χ2n) is 6.70. The smallest absolute Gasteiger partial charge is 0.354 e. The number of fused-ring (bicyclic) bond motifs is 1. The van der Waals surface area contributed by atoms with Gasteiger partial charge < -0.3 is 14.8 Å². The van der Waals surface area contributed by atoms with Crippen molar-refractivity contribution in [3.8, 4) is 5.75 Å². The molecule has 1 aromatic carbocycles. The summed E-state index contributed by atoms with van der Waals surface area (Å²) in [4.78, 5) is 38.7. The number of carbonyl (C=O) groups is 2. The van der Waals surface area contributed by atoms with Crippen molar-refractivity contribution in [1.82, 2.24) is 19.7 Å². The Morgan fingerprint density at radius 1 is 1.32 bits per heavy atom. The first kappa shape index (κ1) is 18.2. The number of methoxy groups -OCH3 is 1. The van der Waals surface area contributed by atoms with Crippen LogP contribution in [-0.2, 0) is 22.6 Å². The van der Waals surface area contributed by atoms with Crippen molar-refractivity contribution in [2.75, 3.05) is 25.2 Å². The van der Waals surface area contributed by atoms with E-state index in [2.05, 4.69) is 10.4 Å². The van der Waals surface area contributed by atoms with E-state index in [1.165, 1.54) is 4.90 Å². The molecule has 1 saturated heterocycles. The Hall–Kier alpha value is -3.14. The topological polar surface area (TPSA) is 108 Å². The van der Waals surface area contributed by atoms with Crippen LogP contribution in [0, 0.1) is 0 Å². The normalized spacial score (nSPS) is 18.4. The molecule has 2 amide bonds. The number of nitrogens with zero attached hydrogens (tertiary/aromatic N) is 4. The number of carbonyl (C=O) groups excluding carboxylic acids is 2. The summed E-state index contributed by atoms with van der Waals surface area (Å²) in [5.74, 6) is 0.635. The van der Waals surface area contributed by atoms with Gasteiger partial charge in [0.1, 0.15) is 12.3 Å². The van der Waals surface area contributed by atoms with Crippen molar-refractivity contribution in [2.45, 2.75) is 32.0 Å². The number of ether oxygens (including phenoxy) is 2. The number of aromatic nitrogens is 3. The van der Waals surface area contributed by atoms with E-state index < -0.39 is 11.7 Å². The molecule has 3 heterocycles. The van der Waals surface area contributed by atoms with E-state index in [1.54, 1.807) is 31.4 Å². The number of rotatable bonds is 6. The summed E-state index contributed by atoms with van der Waals surface area (Å²) in [7, 11) is 1.56. The Labute approximate surface area is 160 Å². The average Bonchev–Trinajstić information content (AvgIpc) is 3.40. The average molecular weight is 387 g/mol. The second kappa shape index (κ2) is 7.47. The van der Waals surface area contributed by atoms with Crippen molar-refractivity contribution < 1.29 is 19.1 Å². The van der Waals surface area contributed by atoms with Crippen LogP contribution < -0.4 is 20.6 Å². The van der Waals surface area contributed by atoms with Crippen LogP contribution in [0.3, 0.4) is 0 Å². The van der Waals surface area contributed by atoms with E-state index in [0.717, 1.165) is 22.1 Å². The molecule has 1 atom stereocenters. The van der Waals surface area contributed by atoms with Crippen LogP contribution >= 0.6 is 0 Å². The van der Waals surface area contributed by atoms with Gasteiger partial charge in [-0.2, -0.15) is 9.67 Å². The fourth-order valence-electron chi connectivity index (χ4n) is 3.37. The highest BCUT2D eigenvalue weighted by Gasteiger charge is 2.33. The van der Waals surface area contributed by atoms with E-state index >= 15 is 0 Å². The van der Waals surface area contributed by atoms with Gasteiger partial charge in [0.15, 0.2) is 5.82 Å². The number of benzene rings is 1. The lowest BCUT2D eigenvalue weighted by Crippen LogP contribution is -2.39. The van der Waals surface area contributed by atoms with Gasteiger partial charge >= 0.3 is 11.7 Å². The molecule has 28 heavy (non-hydrogen) atoms. The van der Waals surface area contributed by atoms with Crippen LogP contribution in [-0.4, -0.2) is 52.7 Å². The zero-order valence-corrected chi connectivity index (χ0v) is 15.5. The van der Waals surface area contributed by atoms with Gasteiger partial charge in [0.2, 0.25) is 5.91 Å². The number of hydrogen-bond donors (Lipinski definition) is 1. The fourth-order valence-corrected chi connectivity index (χ4v) is 3.37. The molecule has 0 saturated carbocycles. The first-order valence-corrected chi connectivity index (χ1v) is 9.10. The van der Waals surface area contributed by atoms with E-state index in [9.17, 15) is 14.4 Å². The summed E-state index contributed by atoms with van der Waals surface area (Å²) in [5, 5.41) is 6.90. The maximum absolute atomic E-state index is 12.7. The standard InChI is InChI=1S/C18H21N5O5/c1-27-13-6-4-12(5-7-13)21-10-15-20-22(18(26)23(15)17(21)25)11-16(24)19-9-14-3-2-8-28-14/h4-7,14H,2-3,8-11H2,1H3,(H,19,24)/t14-/m1/s1. The first-order valence-electron chi connectivity index (χ1n) is 9.10. The monoisotopic (exact) mass is 387 g/mol. The Bertz CT molecular complexity index is 942. The molecule has 2 aliphatic rings. The molecule has 0 radical (unpaired) electrons. The minimum atomic E-state index is -0.622. The number of amides is 2. The van der Waals surface area contributed by atoms with Gasteiger partial charge in [-0.15, -0.1) is 0 Å². The van der Waals surface area contributed by atoms with Crippen LogP contribution in [0.15, 0.2) is 29.1 Å². The molecular formula is C18H21N5O5. The summed E-state index contributed by atoms with van der Waals surface area (Å²) < 4.78 is 12.6. The zero-order valence-electron chi connectivity index (χ0n) is 15.5. The first-order chi connectivity index (χ1) is 13.6. The van der Waals surface area contributed by atoms with Crippen molar-refractivity contribution in [3.63, 3.8) is 0 Å². The molecule has 10 nitrogen and oxygen atoms in total. The van der Waals surface area contributed by atoms with Crippen molar-refractivity contribution in [1.29, 1.82) is 0 Å². The van der Waals surface area contributed by atoms with Gasteiger partial charge in [0.05, 0.1) is 19.8 Å². The van der Waals surface area contributed by atoms with Crippen molar-refractivity contribution in [3.05, 3.63) is 40.6 Å². The van der Waals surface area contributed by atoms with Crippen molar-refractivity contribution >= 4 is 17.6 Å². The molecule has 0 spiro atoms. The molecule has 1 fully saturated rings. The quantitative estimate of drug-likeness (QED) is 0.766. The molecule has 2 aromatic rings. The van der Waals surface area contributed by atoms with Gasteiger partial charge in [-0.05, 0) is 37.1 Å². The minimum absolute atomic E-state index is 0.0207. The summed E-state index contributed by atoms with van der Waals surface area (Å²) in [6.45, 7) is 1.04. The van der Waals surface area contributed by atoms with E-state index in [-0.39, 0.29) is 25.1 Å². The van der Waals surface area contributed by atoms with Gasteiger partial charge in [0, 0.05) is 18.8 Å². The summed E-state index contributed by atoms with van der Waals surface area (Å²) in [6.07, 6.45) is 1.92. The lowest BCUT2D eigenvalue weighted by molar-refractivity contribution is -0.122. The lowest BCUT2D eigenvalue weighted by atomic mass is 10.2. The molecule has 148 valence electrons. The third kappa shape index (κ3) is 3.38. The fraction of sp³-hybridized carbons (Fsp3) is 0.444. The molecule has 1 N–H and O–H groups in total. The van der Waals surface area contributed by atoms with Crippen LogP contribution in [0.2, 0.25) is 0 Å². The third-order valence-corrected chi connectivity index (χ3v) is 4.86. The van der Waals surface area contributed by atoms with Crippen LogP contribution in [0.25, 0.3) is 0 Å². The highest BCUT2D eigenvalue weighted by atomic mass is 16.5. The van der Waals surface area contributed by atoms with E-state index in [1.807, 2.05) is 0 Å². The highest BCUT2D eigenvalue weighted by molar-refractivity contribution is 5.96. The van der Waals surface area contributed by atoms with Gasteiger partial charge in [-0.25, -0.2) is 14.3 Å². The van der Waals surface area contributed by atoms with Gasteiger partial charge in [0.25, 0.3) is 0 Å². The summed E-state index contributed by atoms with van der Waals surface area (Å²) >= 11 is 0. The summed E-state index contributed by atoms with van der Waals surface area (Å²) in [5.41, 5.74) is 0.0137. The second-order valence-corrected chi connectivity index (χ2v) is 6.70. The number of nitrogens with one attached hydrogen (secondary N) is 1. The Morgan fingerprint density at radius 2 is 2.11 bits per heavy atom. The molecule has 2 aliphatic heterocycles. The Kier molecular flexibility index (Phi) is 4.86. The number of hydrogen-bond acceptors (Lipinski definition) is 6. The zero-order chi connectivity index (χ0) is 19.7. The van der Waals surface area contributed by atoms with Crippen LogP contribution in [0.5, 0.6) is 5.75 Å². The Morgan fingerprint density at radius 3 is 2.75 bits per heavy atom. The predicted molar refractivity (Wildman–Crippen MR) is 98.4 cm³/mol. The molecule has 1 aromatic heterocycles. The maximum Gasteiger partial charge on any atom is 0.354 e. The van der Waals surface area contributed by atoms with Crippen molar-refractivity contribution in [2.24, 2.45) is 0 Å². The van der Waals surface area contributed by atoms with Gasteiger partial charge in [-0.1, -0.05) is 0 Å². The molecule has 0 aliphatic carbocycles. The highest BCUT2D eigenvalue weighted by Crippen LogP contribution is 2.24. The summed E-state index contributed by atoms with van der Waals surface area (Å²) in [6, 6.07) is 6.46. The SMILES string of the molecule is COc1ccc(N2Cc3nn(CC(=O)NC[C@H]4CCCO4)c(=O)n3C2=O)cc1. The largest absolute Gasteiger partial charge is 0.497 e. The van der Waals surface area contributed by atoms with Gasteiger partial charge in [-0.3, -0.25) is 9.69 Å². The minimum Gasteiger partial charge on any atom is -0.497 e. The molecule has 0 bridgehead atoms. The molecular weight excluding hydrogens is 366 g/mol. The molecule has 10 heteroatoms. The van der Waals surface area contributed by atoms with Crippen LogP contribution in [0.1, 0.15) is 18.7 Å².